The molecule has 2 atom stereocenters. The maximum Gasteiger partial charge on any atom is 0.0499 e. The van der Waals surface area contributed by atoms with Gasteiger partial charge in [-0.25, -0.2) is 0 Å². The number of fused-ring (bicyclic) bond motifs is 3. The van der Waals surface area contributed by atoms with Gasteiger partial charge in [0.2, 0.25) is 0 Å². The Kier molecular flexibility index (Phi) is 3.56. The van der Waals surface area contributed by atoms with Crippen LogP contribution in [0.25, 0.3) is 11.1 Å². The Balaban J connectivity index is 1.85. The average molecular weight is 333 g/mol. The van der Waals surface area contributed by atoms with Crippen LogP contribution in [-0.4, -0.2) is 19.6 Å². The van der Waals surface area contributed by atoms with Crippen LogP contribution in [0.15, 0.2) is 30.3 Å². The van der Waals surface area contributed by atoms with Crippen molar-refractivity contribution in [1.29, 1.82) is 0 Å². The molecular formula is C18H18Cl2N2. The maximum absolute atomic E-state index is 6.40. The van der Waals surface area contributed by atoms with E-state index >= 15 is 0 Å². The summed E-state index contributed by atoms with van der Waals surface area (Å²) in [6, 6.07) is 10.2. The predicted octanol–water partition coefficient (Wildman–Crippen LogP) is 4.70. The van der Waals surface area contributed by atoms with Crippen LogP contribution >= 0.6 is 23.2 Å². The molecule has 0 radical (unpaired) electrons. The third-order valence-electron chi connectivity index (χ3n) is 4.89. The molecule has 1 fully saturated rings. The molecule has 2 aliphatic rings. The van der Waals surface area contributed by atoms with Gasteiger partial charge in [-0.05, 0) is 53.8 Å². The molecule has 2 aromatic rings. The molecule has 4 rings (SSSR count). The molecule has 0 saturated carbocycles. The van der Waals surface area contributed by atoms with Gasteiger partial charge in [-0.2, -0.15) is 0 Å². The van der Waals surface area contributed by atoms with E-state index in [4.69, 9.17) is 23.2 Å². The molecule has 114 valence electrons. The zero-order chi connectivity index (χ0) is 15.3. The Morgan fingerprint density at radius 1 is 1.05 bits per heavy atom. The van der Waals surface area contributed by atoms with Crippen molar-refractivity contribution in [3.05, 3.63) is 51.5 Å². The molecule has 1 saturated heterocycles. The first-order valence-corrected chi connectivity index (χ1v) is 8.43. The van der Waals surface area contributed by atoms with Crippen molar-refractivity contribution in [1.82, 2.24) is 5.32 Å². The Labute approximate surface area is 140 Å². The minimum atomic E-state index is 0.598. The second kappa shape index (κ2) is 5.45. The summed E-state index contributed by atoms with van der Waals surface area (Å²) >= 11 is 12.4. The molecule has 2 heterocycles. The lowest BCUT2D eigenvalue weighted by molar-refractivity contribution is 0.529. The number of benzene rings is 2. The van der Waals surface area contributed by atoms with E-state index in [1.165, 1.54) is 22.4 Å². The van der Waals surface area contributed by atoms with Crippen LogP contribution in [0.3, 0.4) is 0 Å². The lowest BCUT2D eigenvalue weighted by Gasteiger charge is -2.31. The van der Waals surface area contributed by atoms with Gasteiger partial charge in [0.1, 0.15) is 0 Å². The van der Waals surface area contributed by atoms with E-state index in [2.05, 4.69) is 29.7 Å². The highest BCUT2D eigenvalue weighted by Gasteiger charge is 2.34. The first-order chi connectivity index (χ1) is 10.6. The monoisotopic (exact) mass is 332 g/mol. The minimum absolute atomic E-state index is 0.598. The summed E-state index contributed by atoms with van der Waals surface area (Å²) in [5.41, 5.74) is 6.22. The van der Waals surface area contributed by atoms with Crippen molar-refractivity contribution in [2.75, 3.05) is 25.0 Å². The quantitative estimate of drug-likeness (QED) is 0.791. The molecule has 0 bridgehead atoms. The zero-order valence-corrected chi connectivity index (χ0v) is 13.9. The summed E-state index contributed by atoms with van der Waals surface area (Å²) in [5, 5.41) is 8.51. The molecule has 22 heavy (non-hydrogen) atoms. The summed E-state index contributed by atoms with van der Waals surface area (Å²) in [5.74, 6) is 1.28. The number of anilines is 1. The van der Waals surface area contributed by atoms with Crippen molar-refractivity contribution in [2.24, 2.45) is 5.92 Å². The van der Waals surface area contributed by atoms with E-state index in [1.807, 2.05) is 18.2 Å². The third-order valence-corrected chi connectivity index (χ3v) is 5.44. The van der Waals surface area contributed by atoms with Crippen molar-refractivity contribution < 1.29 is 0 Å². The lowest BCUT2D eigenvalue weighted by atomic mass is 9.82. The smallest absolute Gasteiger partial charge is 0.0499 e. The van der Waals surface area contributed by atoms with E-state index in [1.54, 1.807) is 0 Å². The molecule has 2 aliphatic heterocycles. The predicted molar refractivity (Wildman–Crippen MR) is 94.2 cm³/mol. The number of aryl methyl sites for hydroxylation is 1. The fourth-order valence-electron chi connectivity index (χ4n) is 3.77. The number of rotatable bonds is 1. The van der Waals surface area contributed by atoms with Crippen molar-refractivity contribution in [3.63, 3.8) is 0 Å². The van der Waals surface area contributed by atoms with E-state index in [0.717, 1.165) is 25.2 Å². The molecule has 0 aromatic heterocycles. The molecule has 2 aromatic carbocycles. The van der Waals surface area contributed by atoms with Gasteiger partial charge in [-0.1, -0.05) is 29.3 Å². The first-order valence-electron chi connectivity index (χ1n) is 7.68. The van der Waals surface area contributed by atoms with Crippen LogP contribution < -0.4 is 10.6 Å². The van der Waals surface area contributed by atoms with Crippen LogP contribution in [0, 0.1) is 12.8 Å². The summed E-state index contributed by atoms with van der Waals surface area (Å²) < 4.78 is 0. The normalized spacial score (nSPS) is 22.9. The molecular weight excluding hydrogens is 315 g/mol. The Bertz CT molecular complexity index is 742. The van der Waals surface area contributed by atoms with Crippen LogP contribution in [0.2, 0.25) is 10.0 Å². The summed E-state index contributed by atoms with van der Waals surface area (Å²) in [7, 11) is 0. The molecule has 2 nitrogen and oxygen atoms in total. The van der Waals surface area contributed by atoms with Gasteiger partial charge in [0.25, 0.3) is 0 Å². The highest BCUT2D eigenvalue weighted by atomic mass is 35.5. The Hall–Kier alpha value is -1.22. The molecule has 2 unspecified atom stereocenters. The van der Waals surface area contributed by atoms with Gasteiger partial charge in [0, 0.05) is 46.8 Å². The van der Waals surface area contributed by atoms with Crippen LogP contribution in [0.5, 0.6) is 0 Å². The van der Waals surface area contributed by atoms with Gasteiger partial charge in [-0.3, -0.25) is 0 Å². The van der Waals surface area contributed by atoms with E-state index in [9.17, 15) is 0 Å². The lowest BCUT2D eigenvalue weighted by Crippen LogP contribution is -2.27. The Morgan fingerprint density at radius 2 is 1.91 bits per heavy atom. The topological polar surface area (TPSA) is 24.1 Å². The molecule has 0 aliphatic carbocycles. The highest BCUT2D eigenvalue weighted by Crippen LogP contribution is 2.42. The second-order valence-corrected chi connectivity index (χ2v) is 7.13. The van der Waals surface area contributed by atoms with Crippen molar-refractivity contribution in [2.45, 2.75) is 12.8 Å². The second-order valence-electron chi connectivity index (χ2n) is 6.29. The summed E-state index contributed by atoms with van der Waals surface area (Å²) in [6.07, 6.45) is 0. The van der Waals surface area contributed by atoms with Gasteiger partial charge >= 0.3 is 0 Å². The van der Waals surface area contributed by atoms with Crippen LogP contribution in [0.1, 0.15) is 17.0 Å². The zero-order valence-electron chi connectivity index (χ0n) is 12.4. The van der Waals surface area contributed by atoms with Crippen LogP contribution in [0.4, 0.5) is 5.69 Å². The summed E-state index contributed by atoms with van der Waals surface area (Å²) in [4.78, 5) is 0. The van der Waals surface area contributed by atoms with Crippen LogP contribution in [-0.2, 0) is 0 Å². The van der Waals surface area contributed by atoms with E-state index < -0.39 is 0 Å². The molecule has 2 N–H and O–H groups in total. The molecule has 0 amide bonds. The highest BCUT2D eigenvalue weighted by molar-refractivity contribution is 6.36. The molecule has 0 spiro atoms. The maximum atomic E-state index is 6.40. The molecule has 4 heteroatoms. The first kappa shape index (κ1) is 14.4. The van der Waals surface area contributed by atoms with Crippen molar-refractivity contribution >= 4 is 28.9 Å². The minimum Gasteiger partial charge on any atom is -0.384 e. The van der Waals surface area contributed by atoms with Crippen molar-refractivity contribution in [3.8, 4) is 11.1 Å². The SMILES string of the molecule is Cc1cc(-c2ccc(Cl)cc2Cl)cc2c1NCC1CNCC21. The fourth-order valence-corrected chi connectivity index (χ4v) is 4.29. The number of halogens is 2. The Morgan fingerprint density at radius 3 is 2.73 bits per heavy atom. The fraction of sp³-hybridized carbons (Fsp3) is 0.333. The number of nitrogens with one attached hydrogen (secondary N) is 2. The van der Waals surface area contributed by atoms with Gasteiger partial charge in [0.05, 0.1) is 0 Å². The van der Waals surface area contributed by atoms with E-state index in [-0.39, 0.29) is 0 Å². The average Bonchev–Trinajstić information content (AvgIpc) is 2.96. The van der Waals surface area contributed by atoms with Gasteiger partial charge < -0.3 is 10.6 Å². The van der Waals surface area contributed by atoms with E-state index in [0.29, 0.717) is 21.9 Å². The number of hydrogen-bond acceptors (Lipinski definition) is 2. The van der Waals surface area contributed by atoms with Gasteiger partial charge in [-0.15, -0.1) is 0 Å². The van der Waals surface area contributed by atoms with Gasteiger partial charge in [0.15, 0.2) is 0 Å². The number of hydrogen-bond donors (Lipinski definition) is 2. The standard InChI is InChI=1S/C18H18Cl2N2/c1-10-4-11(14-3-2-13(19)6-17(14)20)5-15-16-9-21-7-12(16)8-22-18(10)15/h2-6,12,16,21-22H,7-9H2,1H3. The largest absolute Gasteiger partial charge is 0.384 e. The third kappa shape index (κ3) is 2.30. The summed E-state index contributed by atoms with van der Waals surface area (Å²) in [6.45, 7) is 5.40.